The molecule has 0 aliphatic carbocycles. The largest absolute Gasteiger partial charge is 0.493 e. The van der Waals surface area contributed by atoms with Gasteiger partial charge in [0.05, 0.1) is 6.61 Å². The van der Waals surface area contributed by atoms with Crippen LogP contribution in [0.1, 0.15) is 43.9 Å². The molecule has 0 saturated heterocycles. The second-order valence-corrected chi connectivity index (χ2v) is 4.31. The Morgan fingerprint density at radius 2 is 2.00 bits per heavy atom. The Hall–Kier alpha value is -1.06. The lowest BCUT2D eigenvalue weighted by Crippen LogP contribution is -2.20. The van der Waals surface area contributed by atoms with Gasteiger partial charge in [-0.3, -0.25) is 0 Å². The van der Waals surface area contributed by atoms with Crippen LogP contribution in [-0.2, 0) is 6.42 Å². The number of aryl methyl sites for hydroxylation is 1. The van der Waals surface area contributed by atoms with Crippen LogP contribution in [0.3, 0.4) is 0 Å². The minimum atomic E-state index is -0.0779. The highest BCUT2D eigenvalue weighted by molar-refractivity contribution is 5.38. The molecule has 0 bridgehead atoms. The summed E-state index contributed by atoms with van der Waals surface area (Å²) < 4.78 is 5.74. The number of nitrogens with two attached hydrogens (primary N) is 2. The van der Waals surface area contributed by atoms with Gasteiger partial charge in [-0.15, -0.1) is 0 Å². The summed E-state index contributed by atoms with van der Waals surface area (Å²) >= 11 is 0. The molecular formula is C14H24N2O. The smallest absolute Gasteiger partial charge is 0.122 e. The Kier molecular flexibility index (Phi) is 6.01. The zero-order chi connectivity index (χ0) is 12.7. The predicted octanol–water partition coefficient (Wildman–Crippen LogP) is 2.39. The van der Waals surface area contributed by atoms with E-state index in [4.69, 9.17) is 16.2 Å². The van der Waals surface area contributed by atoms with E-state index < -0.39 is 0 Å². The van der Waals surface area contributed by atoms with Crippen LogP contribution in [0.15, 0.2) is 18.2 Å². The van der Waals surface area contributed by atoms with E-state index in [0.717, 1.165) is 37.2 Å². The minimum Gasteiger partial charge on any atom is -0.493 e. The summed E-state index contributed by atoms with van der Waals surface area (Å²) in [6.07, 6.45) is 3.14. The molecule has 4 N–H and O–H groups in total. The van der Waals surface area contributed by atoms with Crippen molar-refractivity contribution < 1.29 is 4.74 Å². The summed E-state index contributed by atoms with van der Waals surface area (Å²) in [6.45, 7) is 5.51. The highest BCUT2D eigenvalue weighted by Crippen LogP contribution is 2.24. The average molecular weight is 236 g/mol. The maximum absolute atomic E-state index is 5.94. The lowest BCUT2D eigenvalue weighted by atomic mass is 10.0. The lowest BCUT2D eigenvalue weighted by molar-refractivity contribution is 0.314. The Balaban J connectivity index is 2.90. The summed E-state index contributed by atoms with van der Waals surface area (Å²) in [5.74, 6) is 0.988. The van der Waals surface area contributed by atoms with E-state index in [0.29, 0.717) is 6.54 Å². The first-order valence-electron chi connectivity index (χ1n) is 6.44. The molecule has 1 rings (SSSR count). The molecule has 3 heteroatoms. The normalized spacial score (nSPS) is 12.5. The third-order valence-corrected chi connectivity index (χ3v) is 2.75. The van der Waals surface area contributed by atoms with Crippen LogP contribution >= 0.6 is 0 Å². The highest BCUT2D eigenvalue weighted by atomic mass is 16.5. The van der Waals surface area contributed by atoms with Crippen LogP contribution in [0.4, 0.5) is 0 Å². The van der Waals surface area contributed by atoms with Crippen LogP contribution in [0.2, 0.25) is 0 Å². The zero-order valence-electron chi connectivity index (χ0n) is 10.9. The van der Waals surface area contributed by atoms with Gasteiger partial charge in [-0.05, 0) is 30.0 Å². The molecule has 17 heavy (non-hydrogen) atoms. The van der Waals surface area contributed by atoms with Crippen molar-refractivity contribution in [1.29, 1.82) is 0 Å². The number of ether oxygens (including phenoxy) is 1. The molecule has 0 amide bonds. The van der Waals surface area contributed by atoms with Gasteiger partial charge in [0, 0.05) is 12.6 Å². The number of benzene rings is 1. The molecule has 1 unspecified atom stereocenters. The predicted molar refractivity (Wildman–Crippen MR) is 72.2 cm³/mol. The maximum atomic E-state index is 5.94. The second kappa shape index (κ2) is 7.30. The van der Waals surface area contributed by atoms with E-state index in [1.54, 1.807) is 0 Å². The van der Waals surface area contributed by atoms with E-state index in [2.05, 4.69) is 19.9 Å². The molecule has 0 fully saturated rings. The van der Waals surface area contributed by atoms with Crippen LogP contribution in [0.5, 0.6) is 5.75 Å². The Bertz CT molecular complexity index is 339. The van der Waals surface area contributed by atoms with Crippen LogP contribution in [-0.4, -0.2) is 13.2 Å². The number of rotatable bonds is 7. The molecule has 0 aromatic heterocycles. The first kappa shape index (κ1) is 14.0. The fraction of sp³-hybridized carbons (Fsp3) is 0.571. The molecule has 3 nitrogen and oxygen atoms in total. The van der Waals surface area contributed by atoms with Crippen molar-refractivity contribution in [3.8, 4) is 5.75 Å². The fourth-order valence-corrected chi connectivity index (χ4v) is 1.78. The van der Waals surface area contributed by atoms with Crippen molar-refractivity contribution in [2.75, 3.05) is 13.2 Å². The van der Waals surface area contributed by atoms with Gasteiger partial charge >= 0.3 is 0 Å². The Morgan fingerprint density at radius 3 is 2.59 bits per heavy atom. The van der Waals surface area contributed by atoms with Gasteiger partial charge in [0.1, 0.15) is 5.75 Å². The average Bonchev–Trinajstić information content (AvgIpc) is 2.36. The van der Waals surface area contributed by atoms with E-state index >= 15 is 0 Å². The molecule has 0 heterocycles. The Labute approximate surface area is 104 Å². The molecule has 1 aromatic carbocycles. The van der Waals surface area contributed by atoms with Crippen molar-refractivity contribution in [2.24, 2.45) is 11.5 Å². The van der Waals surface area contributed by atoms with Gasteiger partial charge < -0.3 is 16.2 Å². The summed E-state index contributed by atoms with van der Waals surface area (Å²) in [5, 5.41) is 0. The lowest BCUT2D eigenvalue weighted by Gasteiger charge is -2.15. The van der Waals surface area contributed by atoms with Gasteiger partial charge in [0.2, 0.25) is 0 Å². The second-order valence-electron chi connectivity index (χ2n) is 4.31. The number of hydrogen-bond acceptors (Lipinski definition) is 3. The van der Waals surface area contributed by atoms with Crippen LogP contribution < -0.4 is 16.2 Å². The van der Waals surface area contributed by atoms with Gasteiger partial charge in [-0.2, -0.15) is 0 Å². The number of hydrogen-bond donors (Lipinski definition) is 2. The minimum absolute atomic E-state index is 0.0779. The third-order valence-electron chi connectivity index (χ3n) is 2.75. The molecule has 0 saturated carbocycles. The van der Waals surface area contributed by atoms with E-state index in [1.165, 1.54) is 5.56 Å². The topological polar surface area (TPSA) is 61.3 Å². The molecular weight excluding hydrogens is 212 g/mol. The SMILES string of the molecule is CCCOc1ccc(C(N)CN)cc1CCC. The van der Waals surface area contributed by atoms with Crippen molar-refractivity contribution in [3.05, 3.63) is 29.3 Å². The van der Waals surface area contributed by atoms with Crippen molar-refractivity contribution in [3.63, 3.8) is 0 Å². The molecule has 1 aromatic rings. The fourth-order valence-electron chi connectivity index (χ4n) is 1.78. The first-order valence-corrected chi connectivity index (χ1v) is 6.44. The molecule has 96 valence electrons. The van der Waals surface area contributed by atoms with E-state index in [1.807, 2.05) is 12.1 Å². The van der Waals surface area contributed by atoms with Gasteiger partial charge in [0.25, 0.3) is 0 Å². The zero-order valence-corrected chi connectivity index (χ0v) is 10.9. The van der Waals surface area contributed by atoms with Crippen LogP contribution in [0.25, 0.3) is 0 Å². The Morgan fingerprint density at radius 1 is 1.24 bits per heavy atom. The molecule has 0 radical (unpaired) electrons. The summed E-state index contributed by atoms with van der Waals surface area (Å²) in [7, 11) is 0. The summed E-state index contributed by atoms with van der Waals surface area (Å²) in [4.78, 5) is 0. The van der Waals surface area contributed by atoms with Crippen molar-refractivity contribution >= 4 is 0 Å². The summed E-state index contributed by atoms with van der Waals surface area (Å²) in [5.41, 5.74) is 13.9. The maximum Gasteiger partial charge on any atom is 0.122 e. The third kappa shape index (κ3) is 4.02. The standard InChI is InChI=1S/C14H24N2O/c1-3-5-12-9-11(13(16)10-15)6-7-14(12)17-8-4-2/h6-7,9,13H,3-5,8,10,15-16H2,1-2H3. The molecule has 0 spiro atoms. The summed E-state index contributed by atoms with van der Waals surface area (Å²) in [6, 6.07) is 6.09. The molecule has 0 aliphatic rings. The molecule has 0 aliphatic heterocycles. The van der Waals surface area contributed by atoms with E-state index in [-0.39, 0.29) is 6.04 Å². The van der Waals surface area contributed by atoms with Crippen LogP contribution in [0, 0.1) is 0 Å². The monoisotopic (exact) mass is 236 g/mol. The molecule has 1 atom stereocenters. The first-order chi connectivity index (χ1) is 8.22. The highest BCUT2D eigenvalue weighted by Gasteiger charge is 2.08. The quantitative estimate of drug-likeness (QED) is 0.764. The van der Waals surface area contributed by atoms with Crippen molar-refractivity contribution in [1.82, 2.24) is 0 Å². The van der Waals surface area contributed by atoms with E-state index in [9.17, 15) is 0 Å². The van der Waals surface area contributed by atoms with Gasteiger partial charge in [0.15, 0.2) is 0 Å². The van der Waals surface area contributed by atoms with Crippen molar-refractivity contribution in [2.45, 2.75) is 39.2 Å². The van der Waals surface area contributed by atoms with Gasteiger partial charge in [-0.25, -0.2) is 0 Å². The van der Waals surface area contributed by atoms with Gasteiger partial charge in [-0.1, -0.05) is 32.4 Å².